The summed E-state index contributed by atoms with van der Waals surface area (Å²) in [6, 6.07) is 6.96. The normalized spacial score (nSPS) is 19.2. The predicted octanol–water partition coefficient (Wildman–Crippen LogP) is 2.07. The Bertz CT molecular complexity index is 511. The van der Waals surface area contributed by atoms with Crippen molar-refractivity contribution in [2.75, 3.05) is 11.9 Å². The maximum absolute atomic E-state index is 12.0. The molecule has 0 bridgehead atoms. The van der Waals surface area contributed by atoms with E-state index >= 15 is 0 Å². The number of nitrogens with zero attached hydrogens (tertiary/aromatic N) is 1. The Balaban J connectivity index is 1.90. The number of anilines is 1. The van der Waals surface area contributed by atoms with Crippen LogP contribution in [0.4, 0.5) is 5.69 Å². The van der Waals surface area contributed by atoms with Gasteiger partial charge in [-0.15, -0.1) is 0 Å². The van der Waals surface area contributed by atoms with E-state index in [1.807, 2.05) is 0 Å². The molecule has 6 nitrogen and oxygen atoms in total. The number of benzene rings is 1. The number of carbonyl (C=O) groups is 1. The summed E-state index contributed by atoms with van der Waals surface area (Å²) in [7, 11) is 0. The standard InChI is InChI=1S/C15H21N3O3/c16-15(18-20)12-6-1-2-7-13(12)17-14(19)9-8-11-5-3-4-10-21-11/h1-2,6-7,11,20H,3-5,8-10H2,(H2,16,18)(H,17,19). The van der Waals surface area contributed by atoms with Crippen LogP contribution in [-0.2, 0) is 9.53 Å². The van der Waals surface area contributed by atoms with E-state index in [-0.39, 0.29) is 17.8 Å². The summed E-state index contributed by atoms with van der Waals surface area (Å²) in [6.07, 6.45) is 4.60. The first kappa shape index (κ1) is 15.3. The van der Waals surface area contributed by atoms with E-state index in [0.717, 1.165) is 25.9 Å². The number of hydrogen-bond donors (Lipinski definition) is 3. The number of oxime groups is 1. The second kappa shape index (κ2) is 7.64. The van der Waals surface area contributed by atoms with Gasteiger partial charge in [-0.2, -0.15) is 0 Å². The van der Waals surface area contributed by atoms with E-state index in [1.165, 1.54) is 6.42 Å². The van der Waals surface area contributed by atoms with Crippen molar-refractivity contribution in [3.63, 3.8) is 0 Å². The Morgan fingerprint density at radius 2 is 2.24 bits per heavy atom. The number of para-hydroxylation sites is 1. The fourth-order valence-corrected chi connectivity index (χ4v) is 2.41. The van der Waals surface area contributed by atoms with Gasteiger partial charge < -0.3 is 21.0 Å². The third kappa shape index (κ3) is 4.46. The van der Waals surface area contributed by atoms with Crippen LogP contribution >= 0.6 is 0 Å². The highest BCUT2D eigenvalue weighted by atomic mass is 16.5. The van der Waals surface area contributed by atoms with E-state index in [4.69, 9.17) is 15.7 Å². The summed E-state index contributed by atoms with van der Waals surface area (Å²) in [4.78, 5) is 12.0. The molecule has 0 aromatic heterocycles. The highest BCUT2D eigenvalue weighted by molar-refractivity contribution is 6.05. The van der Waals surface area contributed by atoms with E-state index in [0.29, 0.717) is 17.7 Å². The lowest BCUT2D eigenvalue weighted by atomic mass is 10.0. The highest BCUT2D eigenvalue weighted by Crippen LogP contribution is 2.19. The number of nitrogens with two attached hydrogens (primary N) is 1. The lowest BCUT2D eigenvalue weighted by Gasteiger charge is -2.22. The topological polar surface area (TPSA) is 96.9 Å². The van der Waals surface area contributed by atoms with Crippen LogP contribution in [0.25, 0.3) is 0 Å². The molecule has 0 spiro atoms. The van der Waals surface area contributed by atoms with Crippen LogP contribution in [-0.4, -0.2) is 29.7 Å². The molecule has 1 aromatic rings. The van der Waals surface area contributed by atoms with Crippen LogP contribution in [0, 0.1) is 0 Å². The van der Waals surface area contributed by atoms with Crippen LogP contribution in [0.1, 0.15) is 37.7 Å². The fraction of sp³-hybridized carbons (Fsp3) is 0.467. The number of amidine groups is 1. The molecule has 0 radical (unpaired) electrons. The Labute approximate surface area is 124 Å². The molecule has 1 fully saturated rings. The van der Waals surface area contributed by atoms with E-state index in [2.05, 4.69) is 10.5 Å². The molecule has 1 aromatic carbocycles. The lowest BCUT2D eigenvalue weighted by molar-refractivity contribution is -0.117. The summed E-state index contributed by atoms with van der Waals surface area (Å²) in [5.41, 5.74) is 6.64. The van der Waals surface area contributed by atoms with Crippen molar-refractivity contribution in [3.8, 4) is 0 Å². The molecule has 4 N–H and O–H groups in total. The van der Waals surface area contributed by atoms with E-state index in [9.17, 15) is 4.79 Å². The smallest absolute Gasteiger partial charge is 0.224 e. The minimum absolute atomic E-state index is 0.0264. The van der Waals surface area contributed by atoms with Crippen molar-refractivity contribution < 1.29 is 14.7 Å². The number of rotatable bonds is 5. The second-order valence-corrected chi connectivity index (χ2v) is 5.11. The molecule has 1 saturated heterocycles. The molecule has 1 aliphatic heterocycles. The fourth-order valence-electron chi connectivity index (χ4n) is 2.41. The molecular formula is C15H21N3O3. The maximum Gasteiger partial charge on any atom is 0.224 e. The molecule has 2 rings (SSSR count). The van der Waals surface area contributed by atoms with E-state index in [1.54, 1.807) is 24.3 Å². The zero-order valence-corrected chi connectivity index (χ0v) is 11.9. The van der Waals surface area contributed by atoms with Crippen molar-refractivity contribution in [2.45, 2.75) is 38.2 Å². The first-order valence-corrected chi connectivity index (χ1v) is 7.19. The number of nitrogens with one attached hydrogen (secondary N) is 1. The number of carbonyl (C=O) groups excluding carboxylic acids is 1. The molecule has 21 heavy (non-hydrogen) atoms. The van der Waals surface area contributed by atoms with Crippen molar-refractivity contribution in [1.82, 2.24) is 0 Å². The van der Waals surface area contributed by atoms with Gasteiger partial charge in [0.2, 0.25) is 5.91 Å². The maximum atomic E-state index is 12.0. The molecule has 114 valence electrons. The Kier molecular flexibility index (Phi) is 5.57. The molecule has 0 aliphatic carbocycles. The van der Waals surface area contributed by atoms with E-state index < -0.39 is 0 Å². The average molecular weight is 291 g/mol. The summed E-state index contributed by atoms with van der Waals surface area (Å²) >= 11 is 0. The van der Waals surface area contributed by atoms with Gasteiger partial charge in [0, 0.05) is 18.6 Å². The summed E-state index contributed by atoms with van der Waals surface area (Å²) < 4.78 is 5.61. The highest BCUT2D eigenvalue weighted by Gasteiger charge is 2.16. The molecule has 1 aliphatic rings. The molecule has 1 unspecified atom stereocenters. The van der Waals surface area contributed by atoms with Crippen LogP contribution in [0.2, 0.25) is 0 Å². The second-order valence-electron chi connectivity index (χ2n) is 5.11. The number of amides is 1. The number of ether oxygens (including phenoxy) is 1. The summed E-state index contributed by atoms with van der Waals surface area (Å²) in [5.74, 6) is -0.121. The first-order chi connectivity index (χ1) is 10.2. The largest absolute Gasteiger partial charge is 0.409 e. The van der Waals surface area contributed by atoms with Gasteiger partial charge in [0.1, 0.15) is 0 Å². The zero-order chi connectivity index (χ0) is 15.1. The Morgan fingerprint density at radius 3 is 2.95 bits per heavy atom. The lowest BCUT2D eigenvalue weighted by Crippen LogP contribution is -2.23. The van der Waals surface area contributed by atoms with Crippen molar-refractivity contribution in [3.05, 3.63) is 29.8 Å². The minimum Gasteiger partial charge on any atom is -0.409 e. The van der Waals surface area contributed by atoms with Gasteiger partial charge in [-0.1, -0.05) is 17.3 Å². The molecule has 1 heterocycles. The van der Waals surface area contributed by atoms with Crippen LogP contribution in [0.5, 0.6) is 0 Å². The van der Waals surface area contributed by atoms with Crippen molar-refractivity contribution >= 4 is 17.4 Å². The van der Waals surface area contributed by atoms with Gasteiger partial charge in [0.25, 0.3) is 0 Å². The van der Waals surface area contributed by atoms with Crippen molar-refractivity contribution in [2.24, 2.45) is 10.9 Å². The van der Waals surface area contributed by atoms with Gasteiger partial charge in [-0.3, -0.25) is 4.79 Å². The van der Waals surface area contributed by atoms with Gasteiger partial charge in [-0.25, -0.2) is 0 Å². The Hall–Kier alpha value is -2.08. The number of hydrogen-bond acceptors (Lipinski definition) is 4. The van der Waals surface area contributed by atoms with Crippen LogP contribution in [0.15, 0.2) is 29.4 Å². The minimum atomic E-state index is -0.0950. The Morgan fingerprint density at radius 1 is 1.43 bits per heavy atom. The van der Waals surface area contributed by atoms with Gasteiger partial charge >= 0.3 is 0 Å². The molecule has 1 amide bonds. The molecule has 1 atom stereocenters. The average Bonchev–Trinajstić information content (AvgIpc) is 2.54. The van der Waals surface area contributed by atoms with Crippen LogP contribution < -0.4 is 11.1 Å². The van der Waals surface area contributed by atoms with Crippen LogP contribution in [0.3, 0.4) is 0 Å². The monoisotopic (exact) mass is 291 g/mol. The first-order valence-electron chi connectivity index (χ1n) is 7.19. The third-order valence-electron chi connectivity index (χ3n) is 3.55. The SMILES string of the molecule is NC(=NO)c1ccccc1NC(=O)CCC1CCCCO1. The van der Waals surface area contributed by atoms with Gasteiger partial charge in [0.15, 0.2) is 5.84 Å². The summed E-state index contributed by atoms with van der Waals surface area (Å²) in [5, 5.41) is 14.5. The molecular weight excluding hydrogens is 270 g/mol. The molecule has 0 saturated carbocycles. The van der Waals surface area contributed by atoms with Crippen molar-refractivity contribution in [1.29, 1.82) is 0 Å². The predicted molar refractivity (Wildman–Crippen MR) is 80.4 cm³/mol. The van der Waals surface area contributed by atoms with Gasteiger partial charge in [0.05, 0.1) is 11.8 Å². The zero-order valence-electron chi connectivity index (χ0n) is 11.9. The quantitative estimate of drug-likeness (QED) is 0.335. The molecule has 6 heteroatoms. The summed E-state index contributed by atoms with van der Waals surface area (Å²) in [6.45, 7) is 0.790. The van der Waals surface area contributed by atoms with Gasteiger partial charge in [-0.05, 0) is 37.8 Å². The third-order valence-corrected chi connectivity index (χ3v) is 3.55.